The molecule has 1 rings (SSSR count). The van der Waals surface area contributed by atoms with Gasteiger partial charge in [0.1, 0.15) is 24.4 Å². The van der Waals surface area contributed by atoms with Gasteiger partial charge in [-0.3, -0.25) is 4.18 Å². The number of hydrogen-bond donors (Lipinski definition) is 0. The standard InChI is InChI=1S/C19H35F3O7S/c1-4-7-10-25-13-15-17(26-11-8-5-2)18(27-12-9-6-3)16(14-28-15)29-30(23,24)19(20,21)22/h15-18H,4-14H2,1-3H3/t15-,16+,17+,18-/m1/s1. The summed E-state index contributed by atoms with van der Waals surface area (Å²) in [6.45, 7) is 6.83. The minimum atomic E-state index is -5.80. The summed E-state index contributed by atoms with van der Waals surface area (Å²) in [7, 11) is -5.80. The van der Waals surface area contributed by atoms with Crippen LogP contribution in [-0.4, -0.2) is 71.4 Å². The lowest BCUT2D eigenvalue weighted by Gasteiger charge is -2.41. The lowest BCUT2D eigenvalue weighted by Crippen LogP contribution is -2.58. The molecule has 1 fully saturated rings. The van der Waals surface area contributed by atoms with Crippen LogP contribution < -0.4 is 0 Å². The Balaban J connectivity index is 2.99. The number of halogens is 3. The van der Waals surface area contributed by atoms with Crippen molar-refractivity contribution in [3.8, 4) is 0 Å². The Morgan fingerprint density at radius 3 is 1.97 bits per heavy atom. The molecule has 0 aromatic rings. The van der Waals surface area contributed by atoms with Crippen LogP contribution in [0.1, 0.15) is 59.3 Å². The van der Waals surface area contributed by atoms with E-state index in [4.69, 9.17) is 18.9 Å². The van der Waals surface area contributed by atoms with E-state index in [0.29, 0.717) is 19.6 Å². The van der Waals surface area contributed by atoms with Crippen LogP contribution in [0.5, 0.6) is 0 Å². The predicted molar refractivity (Wildman–Crippen MR) is 105 cm³/mol. The second-order valence-electron chi connectivity index (χ2n) is 7.21. The molecule has 4 atom stereocenters. The summed E-state index contributed by atoms with van der Waals surface area (Å²) in [5.74, 6) is 0. The SMILES string of the molecule is CCCCOC[C@H]1OC[C@H](OS(=O)(=O)C(F)(F)F)[C@@H](OCCCC)[C@H]1OCCCC. The smallest absolute Gasteiger partial charge is 0.379 e. The second kappa shape index (κ2) is 13.8. The first-order valence-electron chi connectivity index (χ1n) is 10.6. The lowest BCUT2D eigenvalue weighted by molar-refractivity contribution is -0.224. The third-order valence-corrected chi connectivity index (χ3v) is 5.67. The van der Waals surface area contributed by atoms with E-state index in [2.05, 4.69) is 4.18 Å². The average molecular weight is 465 g/mol. The van der Waals surface area contributed by atoms with Crippen molar-refractivity contribution in [2.75, 3.05) is 33.0 Å². The largest absolute Gasteiger partial charge is 0.523 e. The minimum absolute atomic E-state index is 0.170. The summed E-state index contributed by atoms with van der Waals surface area (Å²) in [6.07, 6.45) is 0.969. The molecule has 0 saturated carbocycles. The molecular formula is C19H35F3O7S. The van der Waals surface area contributed by atoms with Gasteiger partial charge in [-0.15, -0.1) is 0 Å². The predicted octanol–water partition coefficient (Wildman–Crippen LogP) is 3.81. The quantitative estimate of drug-likeness (QED) is 0.207. The molecule has 1 aliphatic heterocycles. The third-order valence-electron chi connectivity index (χ3n) is 4.61. The zero-order valence-corrected chi connectivity index (χ0v) is 18.8. The highest BCUT2D eigenvalue weighted by Gasteiger charge is 2.52. The second-order valence-corrected chi connectivity index (χ2v) is 8.78. The first-order valence-corrected chi connectivity index (χ1v) is 12.0. The Morgan fingerprint density at radius 1 is 0.900 bits per heavy atom. The Morgan fingerprint density at radius 2 is 1.43 bits per heavy atom. The van der Waals surface area contributed by atoms with E-state index in [1.54, 1.807) is 0 Å². The molecule has 0 aromatic carbocycles. The van der Waals surface area contributed by atoms with Gasteiger partial charge in [-0.25, -0.2) is 0 Å². The zero-order valence-electron chi connectivity index (χ0n) is 18.0. The van der Waals surface area contributed by atoms with E-state index in [0.717, 1.165) is 32.1 Å². The normalized spacial score (nSPS) is 25.5. The van der Waals surface area contributed by atoms with Crippen molar-refractivity contribution in [3.63, 3.8) is 0 Å². The van der Waals surface area contributed by atoms with Gasteiger partial charge in [0.15, 0.2) is 0 Å². The summed E-state index contributed by atoms with van der Waals surface area (Å²) in [4.78, 5) is 0. The van der Waals surface area contributed by atoms with Gasteiger partial charge >= 0.3 is 15.6 Å². The molecule has 0 aliphatic carbocycles. The maximum Gasteiger partial charge on any atom is 0.523 e. The molecule has 1 heterocycles. The highest BCUT2D eigenvalue weighted by molar-refractivity contribution is 7.87. The van der Waals surface area contributed by atoms with Crippen molar-refractivity contribution < 1.29 is 44.7 Å². The van der Waals surface area contributed by atoms with Gasteiger partial charge in [0.2, 0.25) is 0 Å². The zero-order chi connectivity index (χ0) is 22.6. The van der Waals surface area contributed by atoms with Crippen LogP contribution in [0.2, 0.25) is 0 Å². The maximum absolute atomic E-state index is 12.8. The molecule has 0 radical (unpaired) electrons. The molecular weight excluding hydrogens is 429 g/mol. The molecule has 0 bridgehead atoms. The van der Waals surface area contributed by atoms with E-state index < -0.39 is 40.0 Å². The molecule has 1 aliphatic rings. The summed E-state index contributed by atoms with van der Waals surface area (Å²) >= 11 is 0. The fourth-order valence-electron chi connectivity index (χ4n) is 2.85. The molecule has 0 spiro atoms. The number of rotatable bonds is 15. The van der Waals surface area contributed by atoms with Crippen molar-refractivity contribution in [2.24, 2.45) is 0 Å². The molecule has 11 heteroatoms. The molecule has 0 N–H and O–H groups in total. The Kier molecular flexibility index (Phi) is 12.7. The van der Waals surface area contributed by atoms with Crippen molar-refractivity contribution in [2.45, 2.75) is 89.2 Å². The van der Waals surface area contributed by atoms with Gasteiger partial charge in [-0.05, 0) is 19.3 Å². The number of unbranched alkanes of at least 4 members (excludes halogenated alkanes) is 3. The molecule has 7 nitrogen and oxygen atoms in total. The molecule has 0 aromatic heterocycles. The molecule has 180 valence electrons. The molecule has 0 unspecified atom stereocenters. The van der Waals surface area contributed by atoms with Crippen LogP contribution >= 0.6 is 0 Å². The van der Waals surface area contributed by atoms with Crippen molar-refractivity contribution >= 4 is 10.1 Å². The first-order chi connectivity index (χ1) is 14.2. The van der Waals surface area contributed by atoms with Crippen LogP contribution in [0, 0.1) is 0 Å². The number of ether oxygens (including phenoxy) is 4. The highest BCUT2D eigenvalue weighted by atomic mass is 32.2. The number of hydrogen-bond acceptors (Lipinski definition) is 7. The Hall–Kier alpha value is -0.460. The van der Waals surface area contributed by atoms with Gasteiger partial charge in [0.05, 0.1) is 13.2 Å². The fraction of sp³-hybridized carbons (Fsp3) is 1.00. The van der Waals surface area contributed by atoms with Crippen LogP contribution in [0.4, 0.5) is 13.2 Å². The first kappa shape index (κ1) is 27.6. The average Bonchev–Trinajstić information content (AvgIpc) is 2.67. The lowest BCUT2D eigenvalue weighted by atomic mass is 9.99. The fourth-order valence-corrected chi connectivity index (χ4v) is 3.45. The van der Waals surface area contributed by atoms with E-state index in [1.807, 2.05) is 20.8 Å². The number of alkyl halides is 3. The molecule has 1 saturated heterocycles. The van der Waals surface area contributed by atoms with Crippen molar-refractivity contribution in [1.82, 2.24) is 0 Å². The van der Waals surface area contributed by atoms with Gasteiger partial charge in [0.25, 0.3) is 0 Å². The van der Waals surface area contributed by atoms with E-state index >= 15 is 0 Å². The summed E-state index contributed by atoms with van der Waals surface area (Å²) < 4.78 is 89.0. The molecule has 0 amide bonds. The van der Waals surface area contributed by atoms with Crippen LogP contribution in [-0.2, 0) is 33.2 Å². The van der Waals surface area contributed by atoms with Gasteiger partial charge in [-0.2, -0.15) is 21.6 Å². The Bertz CT molecular complexity index is 557. The van der Waals surface area contributed by atoms with Crippen molar-refractivity contribution in [3.05, 3.63) is 0 Å². The monoisotopic (exact) mass is 464 g/mol. The summed E-state index contributed by atoms with van der Waals surface area (Å²) in [5, 5.41) is 0. The van der Waals surface area contributed by atoms with Crippen molar-refractivity contribution in [1.29, 1.82) is 0 Å². The highest BCUT2D eigenvalue weighted by Crippen LogP contribution is 2.31. The summed E-state index contributed by atoms with van der Waals surface area (Å²) in [5.41, 5.74) is -5.53. The van der Waals surface area contributed by atoms with E-state index in [9.17, 15) is 21.6 Å². The van der Waals surface area contributed by atoms with E-state index in [-0.39, 0.29) is 19.8 Å². The summed E-state index contributed by atoms with van der Waals surface area (Å²) in [6, 6.07) is 0. The maximum atomic E-state index is 12.8. The molecule has 30 heavy (non-hydrogen) atoms. The van der Waals surface area contributed by atoms with Gasteiger partial charge in [-0.1, -0.05) is 40.0 Å². The van der Waals surface area contributed by atoms with Crippen LogP contribution in [0.15, 0.2) is 0 Å². The van der Waals surface area contributed by atoms with Crippen LogP contribution in [0.3, 0.4) is 0 Å². The van der Waals surface area contributed by atoms with Gasteiger partial charge < -0.3 is 18.9 Å². The third kappa shape index (κ3) is 8.96. The van der Waals surface area contributed by atoms with Gasteiger partial charge in [0, 0.05) is 19.8 Å². The Labute approximate surface area is 177 Å². The minimum Gasteiger partial charge on any atom is -0.379 e. The van der Waals surface area contributed by atoms with Crippen LogP contribution in [0.25, 0.3) is 0 Å². The topological polar surface area (TPSA) is 80.3 Å². The van der Waals surface area contributed by atoms with E-state index in [1.165, 1.54) is 0 Å².